The molecule has 0 saturated carbocycles. The first-order chi connectivity index (χ1) is 4.93. The minimum absolute atomic E-state index is 0.730. The Balaban J connectivity index is 2.02. The smallest absolute Gasteiger partial charge is 0.00985 e. The van der Waals surface area contributed by atoms with E-state index in [1.807, 2.05) is 0 Å². The Morgan fingerprint density at radius 2 is 2.40 bits per heavy atom. The summed E-state index contributed by atoms with van der Waals surface area (Å²) in [5.74, 6) is 0. The zero-order chi connectivity index (χ0) is 7.23. The fraction of sp³-hybridized carbons (Fsp3) is 0.889. The van der Waals surface area contributed by atoms with Crippen LogP contribution in [0.25, 0.3) is 0 Å². The second-order valence-corrected chi connectivity index (χ2v) is 3.08. The zero-order valence-corrected chi connectivity index (χ0v) is 6.90. The van der Waals surface area contributed by atoms with Crippen LogP contribution in [-0.4, -0.2) is 12.6 Å². The quantitative estimate of drug-likeness (QED) is 0.633. The van der Waals surface area contributed by atoms with Crippen molar-refractivity contribution in [1.29, 1.82) is 0 Å². The van der Waals surface area contributed by atoms with Gasteiger partial charge in [0.2, 0.25) is 0 Å². The van der Waals surface area contributed by atoms with Gasteiger partial charge in [-0.3, -0.25) is 0 Å². The van der Waals surface area contributed by atoms with Crippen LogP contribution in [0.2, 0.25) is 0 Å². The molecule has 1 N–H and O–H groups in total. The summed E-state index contributed by atoms with van der Waals surface area (Å²) in [6.07, 6.45) is 9.14. The average molecular weight is 140 g/mol. The standard InChI is InChI=1S/C9H18N/c1-2-3-6-9-7-4-5-8-10-9/h6,9-10H,2-5,7-8H2,1H3. The van der Waals surface area contributed by atoms with Gasteiger partial charge in [0.1, 0.15) is 0 Å². The Morgan fingerprint density at radius 3 is 3.00 bits per heavy atom. The predicted octanol–water partition coefficient (Wildman–Crippen LogP) is 2.13. The molecule has 0 bridgehead atoms. The van der Waals surface area contributed by atoms with Crippen LogP contribution in [0, 0.1) is 6.42 Å². The molecule has 0 spiro atoms. The Kier molecular flexibility index (Phi) is 3.81. The maximum absolute atomic E-state index is 3.50. The van der Waals surface area contributed by atoms with E-state index >= 15 is 0 Å². The molecule has 0 aromatic rings. The van der Waals surface area contributed by atoms with E-state index in [1.165, 1.54) is 38.6 Å². The normalized spacial score (nSPS) is 26.7. The van der Waals surface area contributed by atoms with Gasteiger partial charge in [-0.05, 0) is 32.2 Å². The van der Waals surface area contributed by atoms with Gasteiger partial charge in [0, 0.05) is 6.04 Å². The van der Waals surface area contributed by atoms with Crippen molar-refractivity contribution >= 4 is 0 Å². The SMILES string of the molecule is CCC[CH]C1CCCCN1. The second-order valence-electron chi connectivity index (χ2n) is 3.08. The summed E-state index contributed by atoms with van der Waals surface area (Å²) < 4.78 is 0. The van der Waals surface area contributed by atoms with Gasteiger partial charge in [0.15, 0.2) is 0 Å². The van der Waals surface area contributed by atoms with E-state index in [2.05, 4.69) is 18.7 Å². The Labute approximate surface area is 64.2 Å². The molecule has 0 aliphatic carbocycles. The molecule has 1 atom stereocenters. The molecule has 1 nitrogen and oxygen atoms in total. The first kappa shape index (κ1) is 8.06. The third kappa shape index (κ3) is 2.70. The van der Waals surface area contributed by atoms with Gasteiger partial charge < -0.3 is 5.32 Å². The Hall–Kier alpha value is -0.0400. The maximum Gasteiger partial charge on any atom is 0.00985 e. The van der Waals surface area contributed by atoms with Crippen LogP contribution in [-0.2, 0) is 0 Å². The molecule has 0 amide bonds. The lowest BCUT2D eigenvalue weighted by Gasteiger charge is -2.22. The molecule has 1 radical (unpaired) electrons. The van der Waals surface area contributed by atoms with Crippen molar-refractivity contribution in [2.45, 2.75) is 45.1 Å². The molecule has 1 unspecified atom stereocenters. The van der Waals surface area contributed by atoms with Gasteiger partial charge in [0.25, 0.3) is 0 Å². The van der Waals surface area contributed by atoms with E-state index in [9.17, 15) is 0 Å². The number of piperidine rings is 1. The highest BCUT2D eigenvalue weighted by Gasteiger charge is 2.10. The van der Waals surface area contributed by atoms with E-state index < -0.39 is 0 Å². The van der Waals surface area contributed by atoms with Gasteiger partial charge in [-0.25, -0.2) is 0 Å². The van der Waals surface area contributed by atoms with Gasteiger partial charge >= 0.3 is 0 Å². The average Bonchev–Trinajstić information content (AvgIpc) is 2.03. The first-order valence-electron chi connectivity index (χ1n) is 4.50. The molecule has 1 saturated heterocycles. The third-order valence-corrected chi connectivity index (χ3v) is 2.09. The predicted molar refractivity (Wildman–Crippen MR) is 44.8 cm³/mol. The van der Waals surface area contributed by atoms with Crippen molar-refractivity contribution in [1.82, 2.24) is 5.32 Å². The third-order valence-electron chi connectivity index (χ3n) is 2.09. The summed E-state index contributed by atoms with van der Waals surface area (Å²) in [6.45, 7) is 3.46. The summed E-state index contributed by atoms with van der Waals surface area (Å²) >= 11 is 0. The number of unbranched alkanes of at least 4 members (excludes halogenated alkanes) is 1. The molecule has 1 aliphatic rings. The molecule has 1 rings (SSSR count). The van der Waals surface area contributed by atoms with Crippen LogP contribution in [0.5, 0.6) is 0 Å². The van der Waals surface area contributed by atoms with Crippen LogP contribution < -0.4 is 5.32 Å². The van der Waals surface area contributed by atoms with Gasteiger partial charge in [-0.2, -0.15) is 0 Å². The van der Waals surface area contributed by atoms with Crippen LogP contribution in [0.15, 0.2) is 0 Å². The summed E-state index contributed by atoms with van der Waals surface area (Å²) in [5, 5.41) is 3.50. The van der Waals surface area contributed by atoms with Crippen LogP contribution in [0.4, 0.5) is 0 Å². The lowest BCUT2D eigenvalue weighted by atomic mass is 10.0. The summed E-state index contributed by atoms with van der Waals surface area (Å²) in [4.78, 5) is 0. The minimum atomic E-state index is 0.730. The van der Waals surface area contributed by atoms with Crippen molar-refractivity contribution in [2.75, 3.05) is 6.54 Å². The molecule has 59 valence electrons. The van der Waals surface area contributed by atoms with Crippen LogP contribution in [0.1, 0.15) is 39.0 Å². The largest absolute Gasteiger partial charge is 0.314 e. The van der Waals surface area contributed by atoms with E-state index in [4.69, 9.17) is 0 Å². The van der Waals surface area contributed by atoms with Crippen molar-refractivity contribution in [3.05, 3.63) is 6.42 Å². The molecule has 0 aromatic carbocycles. The monoisotopic (exact) mass is 140 g/mol. The molecular weight excluding hydrogens is 122 g/mol. The molecule has 1 aliphatic heterocycles. The summed E-state index contributed by atoms with van der Waals surface area (Å²) in [5.41, 5.74) is 0. The lowest BCUT2D eigenvalue weighted by molar-refractivity contribution is 0.427. The van der Waals surface area contributed by atoms with Crippen molar-refractivity contribution in [2.24, 2.45) is 0 Å². The first-order valence-corrected chi connectivity index (χ1v) is 4.50. The molecule has 10 heavy (non-hydrogen) atoms. The highest BCUT2D eigenvalue weighted by Crippen LogP contribution is 2.11. The Morgan fingerprint density at radius 1 is 1.50 bits per heavy atom. The zero-order valence-electron chi connectivity index (χ0n) is 6.90. The van der Waals surface area contributed by atoms with Gasteiger partial charge in [-0.15, -0.1) is 0 Å². The number of hydrogen-bond donors (Lipinski definition) is 1. The van der Waals surface area contributed by atoms with E-state index in [1.54, 1.807) is 0 Å². The highest BCUT2D eigenvalue weighted by molar-refractivity contribution is 4.84. The number of nitrogens with one attached hydrogen (secondary N) is 1. The second kappa shape index (κ2) is 4.73. The summed E-state index contributed by atoms with van der Waals surface area (Å²) in [7, 11) is 0. The highest BCUT2D eigenvalue weighted by atomic mass is 14.9. The fourth-order valence-electron chi connectivity index (χ4n) is 1.45. The molecule has 0 aromatic heterocycles. The minimum Gasteiger partial charge on any atom is -0.314 e. The summed E-state index contributed by atoms with van der Waals surface area (Å²) in [6, 6.07) is 0.730. The van der Waals surface area contributed by atoms with Crippen molar-refractivity contribution < 1.29 is 0 Å². The molecule has 1 heteroatoms. The maximum atomic E-state index is 3.50. The lowest BCUT2D eigenvalue weighted by Crippen LogP contribution is -2.34. The number of rotatable bonds is 3. The van der Waals surface area contributed by atoms with Crippen LogP contribution in [0.3, 0.4) is 0 Å². The van der Waals surface area contributed by atoms with E-state index in [0.29, 0.717) is 0 Å². The van der Waals surface area contributed by atoms with Crippen molar-refractivity contribution in [3.8, 4) is 0 Å². The Bertz CT molecular complexity index is 74.8. The van der Waals surface area contributed by atoms with Crippen LogP contribution >= 0.6 is 0 Å². The topological polar surface area (TPSA) is 12.0 Å². The molecule has 1 fully saturated rings. The molecule has 1 heterocycles. The van der Waals surface area contributed by atoms with E-state index in [-0.39, 0.29) is 0 Å². The van der Waals surface area contributed by atoms with E-state index in [0.717, 1.165) is 6.04 Å². The van der Waals surface area contributed by atoms with Gasteiger partial charge in [0.05, 0.1) is 0 Å². The number of hydrogen-bond acceptors (Lipinski definition) is 1. The fourth-order valence-corrected chi connectivity index (χ4v) is 1.45. The van der Waals surface area contributed by atoms with Gasteiger partial charge in [-0.1, -0.05) is 19.8 Å². The van der Waals surface area contributed by atoms with Crippen molar-refractivity contribution in [3.63, 3.8) is 0 Å². The molecular formula is C9H18N.